The maximum atomic E-state index is 13.2. The molecule has 31 heavy (non-hydrogen) atoms. The van der Waals surface area contributed by atoms with E-state index in [1.807, 2.05) is 70.2 Å². The SMILES string of the molecule is COc1ccc(/C=C/C(=O)c2c(O)c3c(c4c2OC(C)(C)C=C4)OC(C)(C)C=C3)cc1. The Labute approximate surface area is 182 Å². The molecule has 0 atom stereocenters. The lowest BCUT2D eigenvalue weighted by Crippen LogP contribution is -2.31. The Morgan fingerprint density at radius 3 is 2.13 bits per heavy atom. The Kier molecular flexibility index (Phi) is 4.92. The largest absolute Gasteiger partial charge is 0.506 e. The van der Waals surface area contributed by atoms with Gasteiger partial charge < -0.3 is 19.3 Å². The van der Waals surface area contributed by atoms with E-state index in [9.17, 15) is 9.90 Å². The van der Waals surface area contributed by atoms with E-state index >= 15 is 0 Å². The lowest BCUT2D eigenvalue weighted by atomic mass is 9.90. The van der Waals surface area contributed by atoms with Crippen molar-refractivity contribution in [1.82, 2.24) is 0 Å². The average Bonchev–Trinajstić information content (AvgIpc) is 2.71. The molecular formula is C26H26O5. The Morgan fingerprint density at radius 2 is 1.52 bits per heavy atom. The van der Waals surface area contributed by atoms with Crippen LogP contribution < -0.4 is 14.2 Å². The minimum absolute atomic E-state index is 0.129. The van der Waals surface area contributed by atoms with Crippen molar-refractivity contribution in [3.05, 3.63) is 64.7 Å². The molecule has 0 aromatic heterocycles. The van der Waals surface area contributed by atoms with Crippen molar-refractivity contribution in [3.63, 3.8) is 0 Å². The molecule has 160 valence electrons. The van der Waals surface area contributed by atoms with Crippen LogP contribution in [0.5, 0.6) is 23.0 Å². The van der Waals surface area contributed by atoms with Crippen LogP contribution in [-0.2, 0) is 0 Å². The van der Waals surface area contributed by atoms with Gasteiger partial charge in [-0.2, -0.15) is 0 Å². The molecular weight excluding hydrogens is 392 g/mol. The van der Waals surface area contributed by atoms with Crippen molar-refractivity contribution in [2.45, 2.75) is 38.9 Å². The highest BCUT2D eigenvalue weighted by Gasteiger charge is 2.36. The molecule has 0 bridgehead atoms. The van der Waals surface area contributed by atoms with Crippen molar-refractivity contribution in [3.8, 4) is 23.0 Å². The molecule has 0 saturated carbocycles. The van der Waals surface area contributed by atoms with Gasteiger partial charge in [-0.25, -0.2) is 0 Å². The number of carbonyl (C=O) groups is 1. The zero-order valence-electron chi connectivity index (χ0n) is 18.4. The van der Waals surface area contributed by atoms with Gasteiger partial charge in [-0.1, -0.05) is 18.2 Å². The van der Waals surface area contributed by atoms with Crippen LogP contribution in [0.1, 0.15) is 54.7 Å². The van der Waals surface area contributed by atoms with Crippen LogP contribution in [-0.4, -0.2) is 29.2 Å². The quantitative estimate of drug-likeness (QED) is 0.512. The van der Waals surface area contributed by atoms with Crippen molar-refractivity contribution in [2.24, 2.45) is 0 Å². The van der Waals surface area contributed by atoms with Crippen molar-refractivity contribution >= 4 is 24.0 Å². The molecule has 0 spiro atoms. The average molecular weight is 418 g/mol. The van der Waals surface area contributed by atoms with Gasteiger partial charge in [0, 0.05) is 0 Å². The maximum absolute atomic E-state index is 13.2. The van der Waals surface area contributed by atoms with E-state index in [-0.39, 0.29) is 17.1 Å². The third kappa shape index (κ3) is 3.96. The van der Waals surface area contributed by atoms with E-state index in [1.54, 1.807) is 19.3 Å². The lowest BCUT2D eigenvalue weighted by molar-refractivity contribution is 0.102. The van der Waals surface area contributed by atoms with Gasteiger partial charge in [0.05, 0.1) is 18.2 Å². The van der Waals surface area contributed by atoms with Gasteiger partial charge in [0.2, 0.25) is 0 Å². The fourth-order valence-corrected chi connectivity index (χ4v) is 3.62. The van der Waals surface area contributed by atoms with E-state index in [2.05, 4.69) is 0 Å². The molecule has 2 aromatic rings. The molecule has 5 nitrogen and oxygen atoms in total. The molecule has 0 unspecified atom stereocenters. The summed E-state index contributed by atoms with van der Waals surface area (Å²) in [7, 11) is 1.60. The number of carbonyl (C=O) groups excluding carboxylic acids is 1. The first-order valence-corrected chi connectivity index (χ1v) is 10.2. The zero-order chi connectivity index (χ0) is 22.4. The molecule has 2 aliphatic rings. The molecule has 0 radical (unpaired) electrons. The van der Waals surface area contributed by atoms with Crippen molar-refractivity contribution in [2.75, 3.05) is 7.11 Å². The topological polar surface area (TPSA) is 65.0 Å². The number of ketones is 1. The summed E-state index contributed by atoms with van der Waals surface area (Å²) in [5.41, 5.74) is 0.949. The van der Waals surface area contributed by atoms with Crippen LogP contribution in [0, 0.1) is 0 Å². The highest BCUT2D eigenvalue weighted by atomic mass is 16.5. The molecule has 5 heteroatoms. The van der Waals surface area contributed by atoms with Gasteiger partial charge in [0.15, 0.2) is 5.78 Å². The summed E-state index contributed by atoms with van der Waals surface area (Å²) in [6, 6.07) is 7.35. The molecule has 0 saturated heterocycles. The Hall–Kier alpha value is -3.47. The molecule has 0 aliphatic carbocycles. The fourth-order valence-electron chi connectivity index (χ4n) is 3.62. The number of rotatable bonds is 4. The Balaban J connectivity index is 1.81. The van der Waals surface area contributed by atoms with Crippen molar-refractivity contribution in [1.29, 1.82) is 0 Å². The molecule has 2 aliphatic heterocycles. The number of hydrogen-bond acceptors (Lipinski definition) is 5. The monoisotopic (exact) mass is 418 g/mol. The lowest BCUT2D eigenvalue weighted by Gasteiger charge is -2.35. The maximum Gasteiger partial charge on any atom is 0.193 e. The number of allylic oxidation sites excluding steroid dienone is 1. The highest BCUT2D eigenvalue weighted by molar-refractivity contribution is 6.12. The molecule has 2 aromatic carbocycles. The van der Waals surface area contributed by atoms with Crippen LogP contribution in [0.15, 0.2) is 42.5 Å². The summed E-state index contributed by atoms with van der Waals surface area (Å²) in [5.74, 6) is 1.09. The first kappa shape index (κ1) is 20.8. The van der Waals surface area contributed by atoms with Gasteiger partial charge in [0.1, 0.15) is 39.8 Å². The summed E-state index contributed by atoms with van der Waals surface area (Å²) >= 11 is 0. The van der Waals surface area contributed by atoms with E-state index in [1.165, 1.54) is 6.08 Å². The van der Waals surface area contributed by atoms with Crippen LogP contribution in [0.4, 0.5) is 0 Å². The first-order valence-electron chi connectivity index (χ1n) is 10.2. The summed E-state index contributed by atoms with van der Waals surface area (Å²) < 4.78 is 17.4. The van der Waals surface area contributed by atoms with Gasteiger partial charge in [-0.15, -0.1) is 0 Å². The van der Waals surface area contributed by atoms with Crippen LogP contribution in [0.25, 0.3) is 18.2 Å². The number of fused-ring (bicyclic) bond motifs is 3. The first-order chi connectivity index (χ1) is 14.6. The Morgan fingerprint density at radius 1 is 0.935 bits per heavy atom. The van der Waals surface area contributed by atoms with E-state index in [0.717, 1.165) is 11.3 Å². The number of hydrogen-bond donors (Lipinski definition) is 1. The third-order valence-electron chi connectivity index (χ3n) is 5.28. The summed E-state index contributed by atoms with van der Waals surface area (Å²) in [6.45, 7) is 7.66. The van der Waals surface area contributed by atoms with E-state index in [0.29, 0.717) is 22.6 Å². The van der Waals surface area contributed by atoms with Gasteiger partial charge in [-0.05, 0) is 75.8 Å². The summed E-state index contributed by atoms with van der Waals surface area (Å²) in [6.07, 6.45) is 10.6. The Bertz CT molecular complexity index is 1130. The van der Waals surface area contributed by atoms with Crippen LogP contribution in [0.2, 0.25) is 0 Å². The second-order valence-electron chi connectivity index (χ2n) is 8.76. The molecule has 0 amide bonds. The normalized spacial score (nSPS) is 17.5. The second kappa shape index (κ2) is 7.34. The molecule has 4 rings (SSSR count). The van der Waals surface area contributed by atoms with E-state index < -0.39 is 11.2 Å². The third-order valence-corrected chi connectivity index (χ3v) is 5.28. The van der Waals surface area contributed by atoms with Gasteiger partial charge >= 0.3 is 0 Å². The predicted molar refractivity (Wildman–Crippen MR) is 122 cm³/mol. The number of ether oxygens (including phenoxy) is 3. The second-order valence-corrected chi connectivity index (χ2v) is 8.76. The number of aromatic hydroxyl groups is 1. The smallest absolute Gasteiger partial charge is 0.193 e. The predicted octanol–water partition coefficient (Wildman–Crippen LogP) is 5.67. The molecule has 2 heterocycles. The number of benzene rings is 2. The zero-order valence-corrected chi connectivity index (χ0v) is 18.4. The van der Waals surface area contributed by atoms with Crippen LogP contribution in [0.3, 0.4) is 0 Å². The summed E-state index contributed by atoms with van der Waals surface area (Å²) in [4.78, 5) is 13.2. The number of phenols is 1. The minimum atomic E-state index is -0.623. The van der Waals surface area contributed by atoms with Gasteiger partial charge in [-0.3, -0.25) is 4.79 Å². The number of phenolic OH excluding ortho intramolecular Hbond substituents is 1. The van der Waals surface area contributed by atoms with Crippen molar-refractivity contribution < 1.29 is 24.1 Å². The highest BCUT2D eigenvalue weighted by Crippen LogP contribution is 2.50. The molecule has 0 fully saturated rings. The van der Waals surface area contributed by atoms with Gasteiger partial charge in [0.25, 0.3) is 0 Å². The number of methoxy groups -OCH3 is 1. The molecule has 1 N–H and O–H groups in total. The standard InChI is InChI=1S/C26H26O5/c1-25(2)14-12-18-22(28)21(20(27)11-8-16-6-9-17(29-5)10-7-16)24-19(23(18)30-25)13-15-26(3,4)31-24/h6-15,28H,1-5H3/b11-8+. The van der Waals surface area contributed by atoms with E-state index in [4.69, 9.17) is 14.2 Å². The minimum Gasteiger partial charge on any atom is -0.506 e. The fraction of sp³-hybridized carbons (Fsp3) is 0.269. The summed E-state index contributed by atoms with van der Waals surface area (Å²) in [5, 5.41) is 11.1. The van der Waals surface area contributed by atoms with Crippen LogP contribution >= 0.6 is 0 Å².